The molecule has 0 atom stereocenters. The van der Waals surface area contributed by atoms with Gasteiger partial charge >= 0.3 is 0 Å². The summed E-state index contributed by atoms with van der Waals surface area (Å²) in [7, 11) is 0. The Morgan fingerprint density at radius 1 is 1.17 bits per heavy atom. The monoisotopic (exact) mass is 247 g/mol. The normalized spacial score (nSPS) is 10.5. The van der Waals surface area contributed by atoms with Crippen LogP contribution in [0.25, 0.3) is 10.8 Å². The number of non-ortho nitro benzene ring substituents is 1. The van der Waals surface area contributed by atoms with Gasteiger partial charge in [-0.1, -0.05) is 18.2 Å². The first-order chi connectivity index (χ1) is 8.74. The Hall–Kier alpha value is -2.14. The maximum atomic E-state index is 10.9. The van der Waals surface area contributed by atoms with Crippen LogP contribution in [-0.2, 0) is 0 Å². The second-order valence-corrected chi connectivity index (χ2v) is 3.81. The van der Waals surface area contributed by atoms with Gasteiger partial charge in [-0.3, -0.25) is 10.1 Å². The molecular formula is C13H13NO4. The van der Waals surface area contributed by atoms with Gasteiger partial charge in [0.2, 0.25) is 0 Å². The van der Waals surface area contributed by atoms with E-state index < -0.39 is 4.92 Å². The number of aliphatic hydroxyl groups excluding tert-OH is 1. The average Bonchev–Trinajstić information content (AvgIpc) is 2.38. The molecule has 0 saturated carbocycles. The molecule has 5 heteroatoms. The van der Waals surface area contributed by atoms with Gasteiger partial charge in [0.1, 0.15) is 5.75 Å². The second kappa shape index (κ2) is 5.46. The molecule has 0 spiro atoms. The molecule has 0 unspecified atom stereocenters. The number of ether oxygens (including phenoxy) is 1. The highest BCUT2D eigenvalue weighted by atomic mass is 16.6. The minimum absolute atomic E-state index is 0.0604. The molecule has 2 aromatic rings. The van der Waals surface area contributed by atoms with Crippen LogP contribution in [0.15, 0.2) is 36.4 Å². The zero-order valence-corrected chi connectivity index (χ0v) is 9.70. The van der Waals surface area contributed by atoms with Gasteiger partial charge in [0.25, 0.3) is 5.69 Å². The Balaban J connectivity index is 2.44. The number of fused-ring (bicyclic) bond motifs is 1. The third kappa shape index (κ3) is 2.41. The average molecular weight is 247 g/mol. The smallest absolute Gasteiger partial charge is 0.277 e. The molecule has 0 aliphatic carbocycles. The Bertz CT molecular complexity index is 568. The minimum Gasteiger partial charge on any atom is -0.493 e. The molecule has 0 saturated heterocycles. The first kappa shape index (κ1) is 12.3. The summed E-state index contributed by atoms with van der Waals surface area (Å²) in [6, 6.07) is 10.1. The van der Waals surface area contributed by atoms with E-state index in [1.807, 2.05) is 6.07 Å². The summed E-state index contributed by atoms with van der Waals surface area (Å²) >= 11 is 0. The molecule has 0 amide bonds. The molecule has 2 rings (SSSR count). The van der Waals surface area contributed by atoms with Crippen molar-refractivity contribution in [1.29, 1.82) is 0 Å². The summed E-state index contributed by atoms with van der Waals surface area (Å²) in [5.74, 6) is 0.602. The number of benzene rings is 2. The van der Waals surface area contributed by atoms with Crippen molar-refractivity contribution < 1.29 is 14.8 Å². The lowest BCUT2D eigenvalue weighted by Gasteiger charge is -2.08. The lowest BCUT2D eigenvalue weighted by atomic mass is 10.1. The molecule has 0 fully saturated rings. The van der Waals surface area contributed by atoms with Crippen LogP contribution in [0.3, 0.4) is 0 Å². The van der Waals surface area contributed by atoms with Gasteiger partial charge < -0.3 is 9.84 Å². The van der Waals surface area contributed by atoms with E-state index in [9.17, 15) is 10.1 Å². The van der Waals surface area contributed by atoms with Crippen molar-refractivity contribution in [2.24, 2.45) is 0 Å². The Morgan fingerprint density at radius 2 is 1.89 bits per heavy atom. The van der Waals surface area contributed by atoms with E-state index in [0.717, 1.165) is 0 Å². The third-order valence-electron chi connectivity index (χ3n) is 2.62. The van der Waals surface area contributed by atoms with Crippen molar-refractivity contribution in [3.8, 4) is 5.75 Å². The van der Waals surface area contributed by atoms with Crippen LogP contribution in [0.1, 0.15) is 6.42 Å². The van der Waals surface area contributed by atoms with Gasteiger partial charge in [-0.05, 0) is 12.1 Å². The number of nitro groups is 1. The lowest BCUT2D eigenvalue weighted by Crippen LogP contribution is -2.00. The summed E-state index contributed by atoms with van der Waals surface area (Å²) < 4.78 is 5.51. The first-order valence-electron chi connectivity index (χ1n) is 5.64. The van der Waals surface area contributed by atoms with Crippen LogP contribution in [0.4, 0.5) is 5.69 Å². The number of nitro benzene ring substituents is 1. The molecule has 0 aromatic heterocycles. The molecule has 18 heavy (non-hydrogen) atoms. The van der Waals surface area contributed by atoms with E-state index in [4.69, 9.17) is 9.84 Å². The van der Waals surface area contributed by atoms with Crippen LogP contribution in [0.2, 0.25) is 0 Å². The third-order valence-corrected chi connectivity index (χ3v) is 2.62. The van der Waals surface area contributed by atoms with E-state index in [1.165, 1.54) is 6.07 Å². The molecule has 1 N–H and O–H groups in total. The summed E-state index contributed by atoms with van der Waals surface area (Å²) in [6.07, 6.45) is 0.533. The summed E-state index contributed by atoms with van der Waals surface area (Å²) in [4.78, 5) is 10.5. The predicted molar refractivity (Wildman–Crippen MR) is 67.8 cm³/mol. The van der Waals surface area contributed by atoms with Crippen molar-refractivity contribution in [1.82, 2.24) is 0 Å². The Labute approximate surface area is 104 Å². The van der Waals surface area contributed by atoms with Gasteiger partial charge in [0.15, 0.2) is 0 Å². The van der Waals surface area contributed by atoms with Crippen LogP contribution in [0.5, 0.6) is 5.75 Å². The topological polar surface area (TPSA) is 72.6 Å². The number of aliphatic hydroxyl groups is 1. The van der Waals surface area contributed by atoms with Crippen LogP contribution < -0.4 is 4.74 Å². The molecule has 0 bridgehead atoms. The molecule has 5 nitrogen and oxygen atoms in total. The van der Waals surface area contributed by atoms with Crippen LogP contribution in [-0.4, -0.2) is 23.2 Å². The van der Waals surface area contributed by atoms with Gasteiger partial charge in [-0.2, -0.15) is 0 Å². The predicted octanol–water partition coefficient (Wildman–Crippen LogP) is 2.51. The van der Waals surface area contributed by atoms with E-state index in [-0.39, 0.29) is 12.3 Å². The molecule has 0 radical (unpaired) electrons. The zero-order chi connectivity index (χ0) is 13.0. The van der Waals surface area contributed by atoms with Crippen molar-refractivity contribution >= 4 is 16.5 Å². The largest absolute Gasteiger partial charge is 0.493 e. The van der Waals surface area contributed by atoms with Gasteiger partial charge in [0, 0.05) is 24.5 Å². The molecule has 0 aliphatic heterocycles. The van der Waals surface area contributed by atoms with Gasteiger partial charge in [-0.25, -0.2) is 0 Å². The molecular weight excluding hydrogens is 234 g/mol. The Morgan fingerprint density at radius 3 is 2.56 bits per heavy atom. The lowest BCUT2D eigenvalue weighted by molar-refractivity contribution is -0.383. The molecule has 2 aromatic carbocycles. The molecule has 0 aliphatic rings. The quantitative estimate of drug-likeness (QED) is 0.500. The number of nitrogens with zero attached hydrogens (tertiary/aromatic N) is 1. The van der Waals surface area contributed by atoms with E-state index >= 15 is 0 Å². The summed E-state index contributed by atoms with van der Waals surface area (Å²) in [5.41, 5.74) is 0.0695. The highest BCUT2D eigenvalue weighted by Gasteiger charge is 2.14. The standard InChI is InChI=1S/C13H13NO4/c15-8-3-9-18-13-7-6-12(14(16)17)10-4-1-2-5-11(10)13/h1-2,4-7,15H,3,8-9H2. The summed E-state index contributed by atoms with van der Waals surface area (Å²) in [5, 5.41) is 20.9. The van der Waals surface area contributed by atoms with Crippen molar-refractivity contribution in [3.05, 3.63) is 46.5 Å². The Kier molecular flexibility index (Phi) is 3.74. The van der Waals surface area contributed by atoms with Gasteiger partial charge in [0.05, 0.1) is 16.9 Å². The zero-order valence-electron chi connectivity index (χ0n) is 9.70. The van der Waals surface area contributed by atoms with Crippen molar-refractivity contribution in [2.75, 3.05) is 13.2 Å². The SMILES string of the molecule is O=[N+]([O-])c1ccc(OCCCO)c2ccccc12. The van der Waals surface area contributed by atoms with Crippen molar-refractivity contribution in [2.45, 2.75) is 6.42 Å². The fraction of sp³-hybridized carbons (Fsp3) is 0.231. The summed E-state index contributed by atoms with van der Waals surface area (Å²) in [6.45, 7) is 0.448. The number of hydrogen-bond donors (Lipinski definition) is 1. The van der Waals surface area contributed by atoms with E-state index in [1.54, 1.807) is 24.3 Å². The second-order valence-electron chi connectivity index (χ2n) is 3.81. The fourth-order valence-corrected chi connectivity index (χ4v) is 1.79. The number of rotatable bonds is 5. The van der Waals surface area contributed by atoms with E-state index in [0.29, 0.717) is 29.5 Å². The minimum atomic E-state index is -0.403. The molecule has 94 valence electrons. The van der Waals surface area contributed by atoms with E-state index in [2.05, 4.69) is 0 Å². The van der Waals surface area contributed by atoms with Crippen LogP contribution >= 0.6 is 0 Å². The maximum Gasteiger partial charge on any atom is 0.277 e. The first-order valence-corrected chi connectivity index (χ1v) is 5.64. The maximum absolute atomic E-state index is 10.9. The van der Waals surface area contributed by atoms with Crippen molar-refractivity contribution in [3.63, 3.8) is 0 Å². The van der Waals surface area contributed by atoms with Gasteiger partial charge in [-0.15, -0.1) is 0 Å². The highest BCUT2D eigenvalue weighted by molar-refractivity contribution is 5.95. The fourth-order valence-electron chi connectivity index (χ4n) is 1.79. The highest BCUT2D eigenvalue weighted by Crippen LogP contribution is 2.32. The van der Waals surface area contributed by atoms with Crippen LogP contribution in [0, 0.1) is 10.1 Å². The number of hydrogen-bond acceptors (Lipinski definition) is 4. The molecule has 0 heterocycles.